The standard InChI is InChI=1S/C18H15N3O3S/c1-2-24-16(23)18-11-7-21(15(18)14(11)18)17-20-12(8-25-17)10-5-9(6-19)3-4-13(10)22/h3-5,8,11,14-15,22H,2,7H2,1H3. The Morgan fingerprint density at radius 3 is 3.16 bits per heavy atom. The molecule has 1 aromatic carbocycles. The second kappa shape index (κ2) is 4.73. The number of ether oxygens (including phenoxy) is 1. The van der Waals surface area contributed by atoms with Crippen LogP contribution in [0.4, 0.5) is 5.13 Å². The van der Waals surface area contributed by atoms with Crippen LogP contribution in [0.25, 0.3) is 11.3 Å². The smallest absolute Gasteiger partial charge is 0.314 e. The van der Waals surface area contributed by atoms with E-state index in [4.69, 9.17) is 10.00 Å². The van der Waals surface area contributed by atoms with Crippen LogP contribution < -0.4 is 4.90 Å². The molecule has 4 aliphatic rings. The van der Waals surface area contributed by atoms with Crippen molar-refractivity contribution in [2.24, 2.45) is 17.3 Å². The van der Waals surface area contributed by atoms with Crippen molar-refractivity contribution in [3.63, 3.8) is 0 Å². The normalized spacial score (nSPS) is 30.6. The molecule has 1 aromatic heterocycles. The summed E-state index contributed by atoms with van der Waals surface area (Å²) in [5, 5.41) is 21.9. The van der Waals surface area contributed by atoms with Crippen LogP contribution in [-0.4, -0.2) is 35.3 Å². The number of fused-ring (bicyclic) bond motifs is 1. The number of hydrogen-bond acceptors (Lipinski definition) is 7. The Morgan fingerprint density at radius 2 is 2.44 bits per heavy atom. The number of carbonyl (C=O) groups is 1. The molecule has 1 N–H and O–H groups in total. The van der Waals surface area contributed by atoms with E-state index in [0.29, 0.717) is 35.3 Å². The fraction of sp³-hybridized carbons (Fsp3) is 0.389. The molecule has 7 heteroatoms. The zero-order valence-corrected chi connectivity index (χ0v) is 14.3. The molecule has 4 fully saturated rings. The molecule has 6 nitrogen and oxygen atoms in total. The number of phenolic OH excluding ortho intramolecular Hbond substituents is 1. The number of nitriles is 1. The van der Waals surface area contributed by atoms with E-state index in [1.165, 1.54) is 17.4 Å². The highest BCUT2D eigenvalue weighted by atomic mass is 32.1. The summed E-state index contributed by atoms with van der Waals surface area (Å²) in [6.45, 7) is 3.09. The molecule has 2 aromatic rings. The number of aromatic hydroxyl groups is 1. The lowest BCUT2D eigenvalue weighted by molar-refractivity contribution is -0.147. The number of nitrogens with zero attached hydrogens (tertiary/aromatic N) is 3. The van der Waals surface area contributed by atoms with Gasteiger partial charge < -0.3 is 14.7 Å². The average Bonchev–Trinajstić information content (AvgIpc) is 3.17. The molecular weight excluding hydrogens is 338 g/mol. The maximum absolute atomic E-state index is 12.2. The fourth-order valence-corrected chi connectivity index (χ4v) is 5.35. The van der Waals surface area contributed by atoms with Gasteiger partial charge in [-0.25, -0.2) is 4.98 Å². The quantitative estimate of drug-likeness (QED) is 0.850. The van der Waals surface area contributed by atoms with Crippen LogP contribution in [0.2, 0.25) is 0 Å². The van der Waals surface area contributed by atoms with Crippen molar-refractivity contribution in [2.45, 2.75) is 13.0 Å². The highest BCUT2D eigenvalue weighted by molar-refractivity contribution is 7.14. The molecular formula is C18H15N3O3S. The van der Waals surface area contributed by atoms with E-state index in [-0.39, 0.29) is 23.2 Å². The summed E-state index contributed by atoms with van der Waals surface area (Å²) in [6.07, 6.45) is 0. The monoisotopic (exact) mass is 353 g/mol. The predicted octanol–water partition coefficient (Wildman–Crippen LogP) is 2.39. The third-order valence-corrected chi connectivity index (χ3v) is 6.59. The SMILES string of the molecule is CCOC(=O)C12C3CN(c4nc(-c5cc(C#N)ccc5O)cs4)C1C32. The van der Waals surface area contributed by atoms with E-state index in [0.717, 1.165) is 11.7 Å². The van der Waals surface area contributed by atoms with E-state index >= 15 is 0 Å². The van der Waals surface area contributed by atoms with Crippen molar-refractivity contribution >= 4 is 22.4 Å². The van der Waals surface area contributed by atoms with Crippen molar-refractivity contribution in [3.8, 4) is 23.1 Å². The molecule has 6 rings (SSSR count). The zero-order chi connectivity index (χ0) is 17.3. The molecule has 4 atom stereocenters. The van der Waals surface area contributed by atoms with Crippen molar-refractivity contribution < 1.29 is 14.6 Å². The number of thiazole rings is 1. The first-order valence-electron chi connectivity index (χ1n) is 8.25. The van der Waals surface area contributed by atoms with Crippen LogP contribution in [0.3, 0.4) is 0 Å². The highest BCUT2D eigenvalue weighted by Gasteiger charge is 2.97. The number of anilines is 1. The molecule has 4 unspecified atom stereocenters. The summed E-state index contributed by atoms with van der Waals surface area (Å²) >= 11 is 1.50. The topological polar surface area (TPSA) is 86.5 Å². The molecule has 126 valence electrons. The Morgan fingerprint density at radius 1 is 1.60 bits per heavy atom. The fourth-order valence-electron chi connectivity index (χ4n) is 4.48. The minimum atomic E-state index is -0.273. The van der Waals surface area contributed by atoms with Gasteiger partial charge in [0.1, 0.15) is 5.75 Å². The van der Waals surface area contributed by atoms with Gasteiger partial charge >= 0.3 is 5.97 Å². The van der Waals surface area contributed by atoms with E-state index in [1.54, 1.807) is 12.1 Å². The van der Waals surface area contributed by atoms with E-state index in [2.05, 4.69) is 16.0 Å². The van der Waals surface area contributed by atoms with Gasteiger partial charge in [0, 0.05) is 29.3 Å². The lowest BCUT2D eigenvalue weighted by atomic mass is 10.1. The van der Waals surface area contributed by atoms with Gasteiger partial charge in [0.15, 0.2) is 5.13 Å². The summed E-state index contributed by atoms with van der Waals surface area (Å²) in [5.41, 5.74) is 1.42. The van der Waals surface area contributed by atoms with Crippen LogP contribution in [0.15, 0.2) is 23.6 Å². The largest absolute Gasteiger partial charge is 0.507 e. The second-order valence-corrected chi connectivity index (χ2v) is 7.58. The van der Waals surface area contributed by atoms with Gasteiger partial charge in [-0.15, -0.1) is 11.3 Å². The minimum Gasteiger partial charge on any atom is -0.507 e. The van der Waals surface area contributed by atoms with Crippen molar-refractivity contribution in [1.82, 2.24) is 4.98 Å². The molecule has 2 bridgehead atoms. The third-order valence-electron chi connectivity index (χ3n) is 5.71. The molecule has 2 saturated carbocycles. The Balaban J connectivity index is 1.41. The number of rotatable bonds is 4. The Bertz CT molecular complexity index is 943. The number of aromatic nitrogens is 1. The van der Waals surface area contributed by atoms with Gasteiger partial charge in [-0.05, 0) is 25.1 Å². The number of carbonyl (C=O) groups excluding carboxylic acids is 1. The summed E-state index contributed by atoms with van der Waals surface area (Å²) in [4.78, 5) is 19.1. The Hall–Kier alpha value is -2.59. The molecule has 3 heterocycles. The van der Waals surface area contributed by atoms with Crippen molar-refractivity contribution in [2.75, 3.05) is 18.1 Å². The Kier molecular flexibility index (Phi) is 2.79. The lowest BCUT2D eigenvalue weighted by Gasteiger charge is -2.15. The van der Waals surface area contributed by atoms with Gasteiger partial charge in [-0.1, -0.05) is 0 Å². The summed E-state index contributed by atoms with van der Waals surface area (Å²) in [7, 11) is 0. The summed E-state index contributed by atoms with van der Waals surface area (Å²) in [6, 6.07) is 7.03. The van der Waals surface area contributed by atoms with Crippen LogP contribution in [0.1, 0.15) is 12.5 Å². The predicted molar refractivity (Wildman–Crippen MR) is 91.1 cm³/mol. The molecule has 2 aliphatic heterocycles. The second-order valence-electron chi connectivity index (χ2n) is 6.74. The van der Waals surface area contributed by atoms with Crippen LogP contribution >= 0.6 is 11.3 Å². The van der Waals surface area contributed by atoms with E-state index < -0.39 is 0 Å². The van der Waals surface area contributed by atoms with Crippen molar-refractivity contribution in [3.05, 3.63) is 29.1 Å². The van der Waals surface area contributed by atoms with Gasteiger partial charge in [0.25, 0.3) is 0 Å². The first-order chi connectivity index (χ1) is 12.1. The number of piperidine rings is 1. The first kappa shape index (κ1) is 14.7. The van der Waals surface area contributed by atoms with Gasteiger partial charge in [-0.2, -0.15) is 5.26 Å². The molecule has 2 aliphatic carbocycles. The molecule has 0 amide bonds. The maximum Gasteiger partial charge on any atom is 0.314 e. The minimum absolute atomic E-state index is 0.0614. The first-order valence-corrected chi connectivity index (χ1v) is 9.13. The highest BCUT2D eigenvalue weighted by Crippen LogP contribution is 2.86. The van der Waals surface area contributed by atoms with E-state index in [1.807, 2.05) is 12.3 Å². The van der Waals surface area contributed by atoms with Crippen LogP contribution in [0.5, 0.6) is 5.75 Å². The third kappa shape index (κ3) is 1.72. The molecule has 0 spiro atoms. The average molecular weight is 353 g/mol. The van der Waals surface area contributed by atoms with E-state index in [9.17, 15) is 9.90 Å². The Labute approximate surface area is 148 Å². The number of hydrogen-bond donors (Lipinski definition) is 1. The molecule has 2 saturated heterocycles. The zero-order valence-electron chi connectivity index (χ0n) is 13.5. The number of benzene rings is 1. The molecule has 25 heavy (non-hydrogen) atoms. The lowest BCUT2D eigenvalue weighted by Crippen LogP contribution is -2.25. The maximum atomic E-state index is 12.2. The van der Waals surface area contributed by atoms with Crippen molar-refractivity contribution in [1.29, 1.82) is 5.26 Å². The number of phenols is 1. The van der Waals surface area contributed by atoms with Crippen LogP contribution in [0, 0.1) is 28.6 Å². The van der Waals surface area contributed by atoms with Gasteiger partial charge in [0.2, 0.25) is 0 Å². The van der Waals surface area contributed by atoms with Gasteiger partial charge in [-0.3, -0.25) is 4.79 Å². The number of esters is 1. The van der Waals surface area contributed by atoms with Gasteiger partial charge in [0.05, 0.1) is 35.4 Å². The summed E-state index contributed by atoms with van der Waals surface area (Å²) in [5.74, 6) is 0.872. The molecule has 0 radical (unpaired) electrons. The van der Waals surface area contributed by atoms with Crippen LogP contribution in [-0.2, 0) is 9.53 Å². The summed E-state index contributed by atoms with van der Waals surface area (Å²) < 4.78 is 5.25.